The van der Waals surface area contributed by atoms with Gasteiger partial charge in [0, 0.05) is 25.7 Å². The summed E-state index contributed by atoms with van der Waals surface area (Å²) in [4.78, 5) is 0. The lowest BCUT2D eigenvalue weighted by molar-refractivity contribution is 0.428. The van der Waals surface area contributed by atoms with E-state index in [2.05, 4.69) is 26.6 Å². The first-order chi connectivity index (χ1) is 6.77. The van der Waals surface area contributed by atoms with Gasteiger partial charge in [0.2, 0.25) is 0 Å². The molecule has 1 atom stereocenters. The van der Waals surface area contributed by atoms with Crippen LogP contribution in [0.3, 0.4) is 0 Å². The fourth-order valence-electron chi connectivity index (χ4n) is 1.63. The minimum Gasteiger partial charge on any atom is -0.507 e. The molecule has 2 rings (SSSR count). The van der Waals surface area contributed by atoms with Crippen molar-refractivity contribution < 1.29 is 5.11 Å². The van der Waals surface area contributed by atoms with Crippen LogP contribution in [0.15, 0.2) is 22.7 Å². The summed E-state index contributed by atoms with van der Waals surface area (Å²) in [7, 11) is 0. The zero-order valence-corrected chi connectivity index (χ0v) is 10.6. The lowest BCUT2D eigenvalue weighted by Gasteiger charge is -2.25. The predicted octanol–water partition coefficient (Wildman–Crippen LogP) is 1.81. The molecule has 0 amide bonds. The first-order valence-electron chi connectivity index (χ1n) is 4.70. The van der Waals surface area contributed by atoms with Crippen molar-refractivity contribution in [1.82, 2.24) is 10.6 Å². The standard InChI is InChI=1S/C10H13BrN2O.ClH/c11-8-5-7(1-2-10(8)14)9-6-12-3-4-13-9;/h1-2,5,9,12-14H,3-4,6H2;1H/t9-;/m0./s1. The molecule has 1 fully saturated rings. The van der Waals surface area contributed by atoms with Gasteiger partial charge in [0.05, 0.1) is 4.47 Å². The minimum absolute atomic E-state index is 0. The molecule has 1 aromatic rings. The summed E-state index contributed by atoms with van der Waals surface area (Å²) in [6, 6.07) is 5.97. The third-order valence-electron chi connectivity index (χ3n) is 2.42. The van der Waals surface area contributed by atoms with Crippen molar-refractivity contribution in [3.8, 4) is 5.75 Å². The SMILES string of the molecule is Cl.Oc1ccc([C@@H]2CNCCN2)cc1Br. The maximum absolute atomic E-state index is 9.36. The number of hydrogen-bond donors (Lipinski definition) is 3. The first kappa shape index (κ1) is 12.8. The van der Waals surface area contributed by atoms with Crippen LogP contribution in [-0.2, 0) is 0 Å². The Balaban J connectivity index is 0.00000112. The number of phenolic OH excluding ortho intramolecular Hbond substituents is 1. The quantitative estimate of drug-likeness (QED) is 0.740. The molecule has 1 aliphatic rings. The van der Waals surface area contributed by atoms with E-state index in [1.54, 1.807) is 6.07 Å². The Kier molecular flexibility index (Phi) is 4.86. The first-order valence-corrected chi connectivity index (χ1v) is 5.49. The summed E-state index contributed by atoms with van der Waals surface area (Å²) in [6.45, 7) is 2.95. The molecule has 5 heteroatoms. The van der Waals surface area contributed by atoms with Gasteiger partial charge >= 0.3 is 0 Å². The second-order valence-electron chi connectivity index (χ2n) is 3.42. The van der Waals surface area contributed by atoms with E-state index in [1.165, 1.54) is 5.56 Å². The molecule has 1 saturated heterocycles. The molecule has 0 aliphatic carbocycles. The molecule has 1 heterocycles. The van der Waals surface area contributed by atoms with Gasteiger partial charge in [-0.1, -0.05) is 6.07 Å². The zero-order chi connectivity index (χ0) is 9.97. The van der Waals surface area contributed by atoms with Gasteiger partial charge in [0.15, 0.2) is 0 Å². The molecule has 0 spiro atoms. The van der Waals surface area contributed by atoms with Crippen LogP contribution in [0.5, 0.6) is 5.75 Å². The van der Waals surface area contributed by atoms with Gasteiger partial charge < -0.3 is 15.7 Å². The lowest BCUT2D eigenvalue weighted by Crippen LogP contribution is -2.42. The van der Waals surface area contributed by atoms with Crippen molar-refractivity contribution in [2.45, 2.75) is 6.04 Å². The van der Waals surface area contributed by atoms with Crippen molar-refractivity contribution in [3.05, 3.63) is 28.2 Å². The van der Waals surface area contributed by atoms with Gasteiger partial charge in [-0.05, 0) is 33.6 Å². The maximum atomic E-state index is 9.36. The molecule has 0 unspecified atom stereocenters. The molecule has 15 heavy (non-hydrogen) atoms. The van der Waals surface area contributed by atoms with Crippen molar-refractivity contribution in [3.63, 3.8) is 0 Å². The molecule has 0 radical (unpaired) electrons. The van der Waals surface area contributed by atoms with Gasteiger partial charge in [-0.3, -0.25) is 0 Å². The number of rotatable bonds is 1. The Hall–Kier alpha value is -0.290. The van der Waals surface area contributed by atoms with Crippen LogP contribution in [0, 0.1) is 0 Å². The number of aromatic hydroxyl groups is 1. The second kappa shape index (κ2) is 5.70. The van der Waals surface area contributed by atoms with Gasteiger partial charge in [-0.2, -0.15) is 0 Å². The molecule has 0 aromatic heterocycles. The molecule has 0 bridgehead atoms. The van der Waals surface area contributed by atoms with Gasteiger partial charge in [0.25, 0.3) is 0 Å². The molecule has 0 saturated carbocycles. The van der Waals surface area contributed by atoms with E-state index in [4.69, 9.17) is 0 Å². The highest BCUT2D eigenvalue weighted by Gasteiger charge is 2.14. The van der Waals surface area contributed by atoms with Gasteiger partial charge in [0.1, 0.15) is 5.75 Å². The van der Waals surface area contributed by atoms with E-state index in [0.29, 0.717) is 6.04 Å². The monoisotopic (exact) mass is 292 g/mol. The summed E-state index contributed by atoms with van der Waals surface area (Å²) in [6.07, 6.45) is 0. The average Bonchev–Trinajstić information content (AvgIpc) is 2.23. The third kappa shape index (κ3) is 3.08. The topological polar surface area (TPSA) is 44.3 Å². The molecule has 3 N–H and O–H groups in total. The predicted molar refractivity (Wildman–Crippen MR) is 66.7 cm³/mol. The Morgan fingerprint density at radius 3 is 2.73 bits per heavy atom. The second-order valence-corrected chi connectivity index (χ2v) is 4.28. The third-order valence-corrected chi connectivity index (χ3v) is 3.05. The van der Waals surface area contributed by atoms with Crippen molar-refractivity contribution in [2.75, 3.05) is 19.6 Å². The van der Waals surface area contributed by atoms with Crippen LogP contribution in [0.2, 0.25) is 0 Å². The summed E-state index contributed by atoms with van der Waals surface area (Å²) < 4.78 is 0.752. The van der Waals surface area contributed by atoms with Crippen molar-refractivity contribution >= 4 is 28.3 Å². The van der Waals surface area contributed by atoms with Crippen LogP contribution in [0.25, 0.3) is 0 Å². The number of phenols is 1. The summed E-state index contributed by atoms with van der Waals surface area (Å²) in [5, 5.41) is 16.1. The summed E-state index contributed by atoms with van der Waals surface area (Å²) in [5.41, 5.74) is 1.20. The number of piperazine rings is 1. The molecular formula is C10H14BrClN2O. The Labute approximate surface area is 104 Å². The van der Waals surface area contributed by atoms with Crippen molar-refractivity contribution in [2.24, 2.45) is 0 Å². The highest BCUT2D eigenvalue weighted by Crippen LogP contribution is 2.27. The molecular weight excluding hydrogens is 279 g/mol. The van der Waals surface area contributed by atoms with Gasteiger partial charge in [-0.15, -0.1) is 12.4 Å². The number of nitrogens with one attached hydrogen (secondary N) is 2. The van der Waals surface area contributed by atoms with E-state index >= 15 is 0 Å². The van der Waals surface area contributed by atoms with Crippen LogP contribution in [0.4, 0.5) is 0 Å². The van der Waals surface area contributed by atoms with Crippen LogP contribution in [-0.4, -0.2) is 24.7 Å². The maximum Gasteiger partial charge on any atom is 0.129 e. The fraction of sp³-hybridized carbons (Fsp3) is 0.400. The van der Waals surface area contributed by atoms with E-state index < -0.39 is 0 Å². The van der Waals surface area contributed by atoms with Crippen molar-refractivity contribution in [1.29, 1.82) is 0 Å². The minimum atomic E-state index is 0. The number of hydrogen-bond acceptors (Lipinski definition) is 3. The van der Waals surface area contributed by atoms with Crippen LogP contribution in [0.1, 0.15) is 11.6 Å². The summed E-state index contributed by atoms with van der Waals surface area (Å²) >= 11 is 3.31. The number of benzene rings is 1. The van der Waals surface area contributed by atoms with Crippen LogP contribution < -0.4 is 10.6 Å². The zero-order valence-electron chi connectivity index (χ0n) is 8.16. The van der Waals surface area contributed by atoms with Crippen LogP contribution >= 0.6 is 28.3 Å². The smallest absolute Gasteiger partial charge is 0.129 e. The Bertz CT molecular complexity index is 329. The lowest BCUT2D eigenvalue weighted by atomic mass is 10.1. The molecule has 84 valence electrons. The van der Waals surface area contributed by atoms with E-state index in [1.807, 2.05) is 12.1 Å². The Morgan fingerprint density at radius 2 is 2.13 bits per heavy atom. The molecule has 3 nitrogen and oxygen atoms in total. The molecule has 1 aliphatic heterocycles. The number of halogens is 2. The highest BCUT2D eigenvalue weighted by atomic mass is 79.9. The van der Waals surface area contributed by atoms with E-state index in [-0.39, 0.29) is 18.2 Å². The highest BCUT2D eigenvalue weighted by molar-refractivity contribution is 9.10. The average molecular weight is 294 g/mol. The van der Waals surface area contributed by atoms with E-state index in [0.717, 1.165) is 24.1 Å². The molecule has 1 aromatic carbocycles. The fourth-order valence-corrected chi connectivity index (χ4v) is 2.03. The normalized spacial score (nSPS) is 20.7. The van der Waals surface area contributed by atoms with Gasteiger partial charge in [-0.25, -0.2) is 0 Å². The van der Waals surface area contributed by atoms with E-state index in [9.17, 15) is 5.11 Å². The summed E-state index contributed by atoms with van der Waals surface area (Å²) in [5.74, 6) is 0.289. The largest absolute Gasteiger partial charge is 0.507 e. The Morgan fingerprint density at radius 1 is 1.33 bits per heavy atom.